The maximum atomic E-state index is 12.9. The number of hydrogen-bond donors (Lipinski definition) is 2. The molecule has 1 aliphatic carbocycles. The van der Waals surface area contributed by atoms with Gasteiger partial charge in [-0.15, -0.1) is 0 Å². The number of rotatable bonds is 3. The predicted molar refractivity (Wildman–Crippen MR) is 106 cm³/mol. The molecule has 3 heterocycles. The van der Waals surface area contributed by atoms with Gasteiger partial charge in [-0.25, -0.2) is 10.0 Å². The molecule has 150 valence electrons. The minimum absolute atomic E-state index is 0.142. The van der Waals surface area contributed by atoms with Gasteiger partial charge >= 0.3 is 0 Å². The fourth-order valence-corrected chi connectivity index (χ4v) is 4.24. The van der Waals surface area contributed by atoms with Crippen LogP contribution in [0.3, 0.4) is 0 Å². The van der Waals surface area contributed by atoms with Gasteiger partial charge in [0.2, 0.25) is 0 Å². The molecule has 1 amide bonds. The van der Waals surface area contributed by atoms with Crippen molar-refractivity contribution < 1.29 is 19.7 Å². The minimum Gasteiger partial charge on any atom is -0.394 e. The van der Waals surface area contributed by atoms with Crippen molar-refractivity contribution in [1.82, 2.24) is 10.0 Å². The summed E-state index contributed by atoms with van der Waals surface area (Å²) in [6.45, 7) is 0.215. The molecule has 1 saturated heterocycles. The summed E-state index contributed by atoms with van der Waals surface area (Å²) < 4.78 is 5.75. The number of benzene rings is 1. The first-order valence-electron chi connectivity index (χ1n) is 9.79. The lowest BCUT2D eigenvalue weighted by Gasteiger charge is -2.27. The lowest BCUT2D eigenvalue weighted by molar-refractivity contribution is -0.0641. The number of hydrogen-bond acceptors (Lipinski definition) is 7. The Morgan fingerprint density at radius 1 is 1.24 bits per heavy atom. The Balaban J connectivity index is 1.44. The van der Waals surface area contributed by atoms with Crippen molar-refractivity contribution in [2.75, 3.05) is 13.2 Å². The third-order valence-corrected chi connectivity index (χ3v) is 5.73. The van der Waals surface area contributed by atoms with Gasteiger partial charge in [-0.05, 0) is 36.1 Å². The van der Waals surface area contributed by atoms with Gasteiger partial charge in [0.25, 0.3) is 5.91 Å². The molecular weight excluding hydrogens is 372 g/mol. The zero-order chi connectivity index (χ0) is 20.0. The highest BCUT2D eigenvalue weighted by atomic mass is 16.5. The number of ether oxygens (including phenoxy) is 1. The summed E-state index contributed by atoms with van der Waals surface area (Å²) >= 11 is 0. The summed E-state index contributed by atoms with van der Waals surface area (Å²) in [5.41, 5.74) is 4.64. The second-order valence-electron chi connectivity index (χ2n) is 7.59. The van der Waals surface area contributed by atoms with E-state index in [0.717, 1.165) is 29.6 Å². The largest absolute Gasteiger partial charge is 0.394 e. The summed E-state index contributed by atoms with van der Waals surface area (Å²) in [6, 6.07) is 9.12. The highest BCUT2D eigenvalue weighted by molar-refractivity contribution is 6.40. The van der Waals surface area contributed by atoms with Gasteiger partial charge in [0.15, 0.2) is 6.23 Å². The number of allylic oxidation sites excluding steroid dienone is 2. The fourth-order valence-electron chi connectivity index (χ4n) is 4.24. The van der Waals surface area contributed by atoms with Crippen molar-refractivity contribution in [3.05, 3.63) is 58.8 Å². The van der Waals surface area contributed by atoms with Crippen LogP contribution in [0.25, 0.3) is 0 Å². The van der Waals surface area contributed by atoms with Gasteiger partial charge in [-0.2, -0.15) is 10.2 Å². The van der Waals surface area contributed by atoms with Crippen LogP contribution in [0, 0.1) is 0 Å². The summed E-state index contributed by atoms with van der Waals surface area (Å²) in [4.78, 5) is 12.9. The van der Waals surface area contributed by atoms with Crippen molar-refractivity contribution in [3.63, 3.8) is 0 Å². The lowest BCUT2D eigenvalue weighted by Crippen LogP contribution is -2.32. The van der Waals surface area contributed by atoms with E-state index in [-0.39, 0.29) is 12.5 Å². The molecule has 0 saturated carbocycles. The van der Waals surface area contributed by atoms with Crippen LogP contribution < -0.4 is 0 Å². The standard InChI is InChI=1S/C21H22N4O4/c26-12-18-17(27)8-19(29-18)24-10-14-6-7-15-11-25(22-9-16(23-24)20(14)15)21(28)13-4-2-1-3-5-13/h1-5,9-10,17-19,26-27H,6-8,11-12H2/t17-,18+,19+/m0/s1. The van der Waals surface area contributed by atoms with Crippen LogP contribution in [0.5, 0.6) is 0 Å². The topological polar surface area (TPSA) is 98.0 Å². The van der Waals surface area contributed by atoms with Gasteiger partial charge in [-0.1, -0.05) is 18.2 Å². The number of amides is 1. The Morgan fingerprint density at radius 2 is 2.07 bits per heavy atom. The molecule has 8 nitrogen and oxygen atoms in total. The number of hydrazone groups is 2. The van der Waals surface area contributed by atoms with Crippen molar-refractivity contribution in [1.29, 1.82) is 0 Å². The van der Waals surface area contributed by atoms with E-state index >= 15 is 0 Å². The van der Waals surface area contributed by atoms with E-state index in [9.17, 15) is 15.0 Å². The normalized spacial score (nSPS) is 28.3. The quantitative estimate of drug-likeness (QED) is 0.804. The van der Waals surface area contributed by atoms with E-state index in [0.29, 0.717) is 24.2 Å². The van der Waals surface area contributed by atoms with Crippen LogP contribution in [-0.4, -0.2) is 69.7 Å². The number of aliphatic hydroxyl groups excluding tert-OH is 2. The van der Waals surface area contributed by atoms with Gasteiger partial charge in [-0.3, -0.25) is 4.79 Å². The molecule has 0 aromatic heterocycles. The lowest BCUT2D eigenvalue weighted by atomic mass is 10.0. The molecule has 1 aromatic carbocycles. The predicted octanol–water partition coefficient (Wildman–Crippen LogP) is 1.24. The van der Waals surface area contributed by atoms with E-state index in [1.165, 1.54) is 5.01 Å². The average Bonchev–Trinajstić information content (AvgIpc) is 3.28. The number of carbonyl (C=O) groups excluding carboxylic acids is 1. The molecule has 5 rings (SSSR count). The first kappa shape index (κ1) is 18.2. The van der Waals surface area contributed by atoms with Gasteiger partial charge in [0.05, 0.1) is 25.5 Å². The van der Waals surface area contributed by atoms with E-state index in [1.807, 2.05) is 24.4 Å². The van der Waals surface area contributed by atoms with Gasteiger partial charge in [0.1, 0.15) is 11.8 Å². The third kappa shape index (κ3) is 3.19. The first-order valence-corrected chi connectivity index (χ1v) is 9.79. The molecule has 0 bridgehead atoms. The zero-order valence-corrected chi connectivity index (χ0v) is 15.8. The molecule has 3 aliphatic heterocycles. The Bertz CT molecular complexity index is 953. The molecule has 0 radical (unpaired) electrons. The fraction of sp³-hybridized carbons (Fsp3) is 0.381. The highest BCUT2D eigenvalue weighted by Crippen LogP contribution is 2.38. The van der Waals surface area contributed by atoms with Crippen LogP contribution in [0.4, 0.5) is 0 Å². The monoisotopic (exact) mass is 394 g/mol. The Labute approximate surface area is 168 Å². The molecular formula is C21H22N4O4. The van der Waals surface area contributed by atoms with Crippen LogP contribution in [0.15, 0.2) is 63.5 Å². The van der Waals surface area contributed by atoms with E-state index in [4.69, 9.17) is 4.74 Å². The molecule has 3 atom stereocenters. The van der Waals surface area contributed by atoms with Gasteiger partial charge in [0, 0.05) is 23.8 Å². The van der Waals surface area contributed by atoms with Crippen LogP contribution in [-0.2, 0) is 4.74 Å². The smallest absolute Gasteiger partial charge is 0.274 e. The van der Waals surface area contributed by atoms with Crippen LogP contribution in [0.2, 0.25) is 0 Å². The SMILES string of the molecule is O=C(c1ccccc1)N1CC2=C3C(=CN([C@H]4C[C@H](O)[C@@H](CO)O4)N=C3C=N1)CC2. The maximum Gasteiger partial charge on any atom is 0.274 e. The summed E-state index contributed by atoms with van der Waals surface area (Å²) in [5, 5.41) is 31.7. The molecule has 2 N–H and O–H groups in total. The third-order valence-electron chi connectivity index (χ3n) is 5.73. The molecule has 1 fully saturated rings. The van der Waals surface area contributed by atoms with Crippen molar-refractivity contribution >= 4 is 17.8 Å². The number of nitrogens with zero attached hydrogens (tertiary/aromatic N) is 4. The van der Waals surface area contributed by atoms with Crippen molar-refractivity contribution in [2.24, 2.45) is 10.2 Å². The van der Waals surface area contributed by atoms with Crippen molar-refractivity contribution in [3.8, 4) is 0 Å². The molecule has 0 unspecified atom stereocenters. The first-order chi connectivity index (χ1) is 14.1. The van der Waals surface area contributed by atoms with Gasteiger partial charge < -0.3 is 14.9 Å². The van der Waals surface area contributed by atoms with E-state index < -0.39 is 18.4 Å². The zero-order valence-electron chi connectivity index (χ0n) is 15.8. The number of aliphatic hydroxyl groups is 2. The maximum absolute atomic E-state index is 12.9. The second kappa shape index (κ2) is 7.22. The van der Waals surface area contributed by atoms with Crippen molar-refractivity contribution in [2.45, 2.75) is 37.7 Å². The van der Waals surface area contributed by atoms with Crippen LogP contribution >= 0.6 is 0 Å². The summed E-state index contributed by atoms with van der Waals surface area (Å²) in [7, 11) is 0. The number of carbonyl (C=O) groups is 1. The Kier molecular flexibility index (Phi) is 4.54. The van der Waals surface area contributed by atoms with E-state index in [2.05, 4.69) is 10.2 Å². The Hall–Kier alpha value is -2.81. The highest BCUT2D eigenvalue weighted by Gasteiger charge is 2.39. The second-order valence-corrected chi connectivity index (χ2v) is 7.59. The van der Waals surface area contributed by atoms with E-state index in [1.54, 1.807) is 23.4 Å². The molecule has 1 aromatic rings. The minimum atomic E-state index is -0.721. The molecule has 29 heavy (non-hydrogen) atoms. The van der Waals surface area contributed by atoms with Crippen LogP contribution in [0.1, 0.15) is 29.6 Å². The summed E-state index contributed by atoms with van der Waals surface area (Å²) in [5.74, 6) is -0.142. The average molecular weight is 394 g/mol. The molecule has 4 aliphatic rings. The molecule has 0 spiro atoms. The Morgan fingerprint density at radius 3 is 2.83 bits per heavy atom. The molecule has 8 heteroatoms. The summed E-state index contributed by atoms with van der Waals surface area (Å²) in [6.07, 6.45) is 3.90.